The predicted molar refractivity (Wildman–Crippen MR) is 138 cm³/mol. The highest BCUT2D eigenvalue weighted by molar-refractivity contribution is 5.90. The van der Waals surface area contributed by atoms with Gasteiger partial charge in [-0.2, -0.15) is 10.2 Å². The number of nitrogens with zero attached hydrogens (tertiary/aromatic N) is 4. The van der Waals surface area contributed by atoms with Crippen LogP contribution in [0.3, 0.4) is 0 Å². The number of aromatic nitrogens is 4. The summed E-state index contributed by atoms with van der Waals surface area (Å²) in [5.41, 5.74) is 6.47. The summed E-state index contributed by atoms with van der Waals surface area (Å²) < 4.78 is 3.45. The number of benzene rings is 1. The first-order valence-corrected chi connectivity index (χ1v) is 12.2. The smallest absolute Gasteiger partial charge is 0.271 e. The molecule has 1 N–H and O–H groups in total. The van der Waals surface area contributed by atoms with Gasteiger partial charge in [-0.05, 0) is 62.3 Å². The molecule has 1 aliphatic rings. The second-order valence-electron chi connectivity index (χ2n) is 8.87. The van der Waals surface area contributed by atoms with Gasteiger partial charge in [0.2, 0.25) is 5.91 Å². The first-order valence-electron chi connectivity index (χ1n) is 12.2. The molecule has 1 aliphatic carbocycles. The van der Waals surface area contributed by atoms with Crippen molar-refractivity contribution in [3.63, 3.8) is 0 Å². The Morgan fingerprint density at radius 3 is 2.60 bits per heavy atom. The molecule has 0 spiro atoms. The maximum Gasteiger partial charge on any atom is 0.271 e. The minimum atomic E-state index is -0.132. The normalized spacial score (nSPS) is 13.9. The lowest BCUT2D eigenvalue weighted by atomic mass is 9.92. The summed E-state index contributed by atoms with van der Waals surface area (Å²) in [4.78, 5) is 24.7. The lowest BCUT2D eigenvalue weighted by molar-refractivity contribution is -0.120. The van der Waals surface area contributed by atoms with Crippen molar-refractivity contribution in [3.8, 4) is 22.5 Å². The number of amides is 1. The number of pyridine rings is 1. The van der Waals surface area contributed by atoms with Crippen molar-refractivity contribution in [2.75, 3.05) is 7.05 Å². The van der Waals surface area contributed by atoms with E-state index in [1.807, 2.05) is 59.2 Å². The standard InChI is InChI=1S/C28H29N5O2/c1-29-25(34)16-9-13-20-10-5-6-14-23(20)33-26(35)18-17-22(30-33)27-24-15-7-8-19-32(24)31-28(27)21-11-3-2-4-12-21/h2-4,7-8,11-12,15,17-19H,5-6,9-10,13-14,16H2,1H3,(H,29,34). The molecule has 5 rings (SSSR count). The summed E-state index contributed by atoms with van der Waals surface area (Å²) in [7, 11) is 1.66. The molecule has 35 heavy (non-hydrogen) atoms. The van der Waals surface area contributed by atoms with Crippen LogP contribution < -0.4 is 10.9 Å². The Morgan fingerprint density at radius 1 is 0.971 bits per heavy atom. The Bertz CT molecular complexity index is 1450. The monoisotopic (exact) mass is 467 g/mol. The fourth-order valence-corrected chi connectivity index (χ4v) is 4.85. The van der Waals surface area contributed by atoms with E-state index in [-0.39, 0.29) is 11.5 Å². The molecule has 4 aromatic rings. The average molecular weight is 468 g/mol. The largest absolute Gasteiger partial charge is 0.359 e. The number of nitrogens with one attached hydrogen (secondary N) is 1. The molecular formula is C28H29N5O2. The molecule has 0 bridgehead atoms. The van der Waals surface area contributed by atoms with Crippen LogP contribution in [0.2, 0.25) is 0 Å². The lowest BCUT2D eigenvalue weighted by Gasteiger charge is -2.21. The van der Waals surface area contributed by atoms with E-state index in [1.54, 1.807) is 23.9 Å². The van der Waals surface area contributed by atoms with E-state index in [0.29, 0.717) is 12.1 Å². The molecule has 0 radical (unpaired) electrons. The minimum absolute atomic E-state index is 0.0433. The Labute approximate surface area is 204 Å². The van der Waals surface area contributed by atoms with Gasteiger partial charge < -0.3 is 5.32 Å². The van der Waals surface area contributed by atoms with Crippen molar-refractivity contribution in [3.05, 3.63) is 82.8 Å². The van der Waals surface area contributed by atoms with Crippen LogP contribution >= 0.6 is 0 Å². The Morgan fingerprint density at radius 2 is 1.77 bits per heavy atom. The molecule has 1 amide bonds. The highest BCUT2D eigenvalue weighted by Crippen LogP contribution is 2.35. The number of fused-ring (bicyclic) bond motifs is 1. The highest BCUT2D eigenvalue weighted by atomic mass is 16.1. The van der Waals surface area contributed by atoms with Crippen molar-refractivity contribution in [2.45, 2.75) is 44.9 Å². The van der Waals surface area contributed by atoms with Crippen molar-refractivity contribution in [2.24, 2.45) is 0 Å². The van der Waals surface area contributed by atoms with Crippen LogP contribution in [-0.2, 0) is 4.79 Å². The molecule has 0 atom stereocenters. The zero-order chi connectivity index (χ0) is 24.2. The molecule has 0 aliphatic heterocycles. The molecule has 3 aromatic heterocycles. The minimum Gasteiger partial charge on any atom is -0.359 e. The van der Waals surface area contributed by atoms with Gasteiger partial charge in [-0.25, -0.2) is 9.20 Å². The van der Waals surface area contributed by atoms with Gasteiger partial charge in [0.1, 0.15) is 5.69 Å². The summed E-state index contributed by atoms with van der Waals surface area (Å²) in [6, 6.07) is 19.4. The van der Waals surface area contributed by atoms with E-state index in [2.05, 4.69) is 5.32 Å². The molecule has 7 nitrogen and oxygen atoms in total. The van der Waals surface area contributed by atoms with Gasteiger partial charge in [0.15, 0.2) is 0 Å². The summed E-state index contributed by atoms with van der Waals surface area (Å²) in [6.45, 7) is 0. The van der Waals surface area contributed by atoms with Gasteiger partial charge >= 0.3 is 0 Å². The summed E-state index contributed by atoms with van der Waals surface area (Å²) in [5, 5.41) is 12.4. The molecule has 0 fully saturated rings. The second kappa shape index (κ2) is 10.1. The SMILES string of the molecule is CNC(=O)CCCC1=C(n2nc(-c3c(-c4ccccc4)nn4ccccc34)ccc2=O)CCCC1. The van der Waals surface area contributed by atoms with Gasteiger partial charge in [0.05, 0.1) is 16.8 Å². The third-order valence-electron chi connectivity index (χ3n) is 6.61. The average Bonchev–Trinajstić information content (AvgIpc) is 3.29. The summed E-state index contributed by atoms with van der Waals surface area (Å²) in [6.07, 6.45) is 7.84. The van der Waals surface area contributed by atoms with Gasteiger partial charge in [0, 0.05) is 37.0 Å². The van der Waals surface area contributed by atoms with Crippen molar-refractivity contribution in [1.82, 2.24) is 24.7 Å². The maximum atomic E-state index is 13.0. The first-order chi connectivity index (χ1) is 17.2. The molecule has 1 aromatic carbocycles. The second-order valence-corrected chi connectivity index (χ2v) is 8.87. The van der Waals surface area contributed by atoms with E-state index in [1.165, 1.54) is 5.57 Å². The molecule has 0 saturated carbocycles. The zero-order valence-electron chi connectivity index (χ0n) is 19.9. The summed E-state index contributed by atoms with van der Waals surface area (Å²) >= 11 is 0. The van der Waals surface area contributed by atoms with Crippen molar-refractivity contribution < 1.29 is 4.79 Å². The van der Waals surface area contributed by atoms with Gasteiger partial charge in [-0.3, -0.25) is 9.59 Å². The van der Waals surface area contributed by atoms with Crippen LogP contribution in [0.25, 0.3) is 33.7 Å². The van der Waals surface area contributed by atoms with Gasteiger partial charge in [-0.1, -0.05) is 36.4 Å². The van der Waals surface area contributed by atoms with E-state index >= 15 is 0 Å². The van der Waals surface area contributed by atoms with Crippen LogP contribution in [0.5, 0.6) is 0 Å². The number of rotatable bonds is 7. The number of hydrogen-bond acceptors (Lipinski definition) is 4. The quantitative estimate of drug-likeness (QED) is 0.418. The number of carbonyl (C=O) groups is 1. The summed E-state index contributed by atoms with van der Waals surface area (Å²) in [5.74, 6) is 0.0433. The molecular weight excluding hydrogens is 438 g/mol. The Hall–Kier alpha value is -4.00. The zero-order valence-corrected chi connectivity index (χ0v) is 19.9. The fraction of sp³-hybridized carbons (Fsp3) is 0.286. The first kappa shape index (κ1) is 22.8. The van der Waals surface area contributed by atoms with Gasteiger partial charge in [-0.15, -0.1) is 0 Å². The number of allylic oxidation sites excluding steroid dienone is 2. The molecule has 0 unspecified atom stereocenters. The number of carbonyl (C=O) groups excluding carboxylic acids is 1. The van der Waals surface area contributed by atoms with Gasteiger partial charge in [0.25, 0.3) is 5.56 Å². The topological polar surface area (TPSA) is 81.3 Å². The maximum absolute atomic E-state index is 13.0. The molecule has 0 saturated heterocycles. The number of hydrogen-bond donors (Lipinski definition) is 1. The van der Waals surface area contributed by atoms with Crippen LogP contribution in [0.4, 0.5) is 0 Å². The molecule has 7 heteroatoms. The Balaban J connectivity index is 1.61. The predicted octanol–water partition coefficient (Wildman–Crippen LogP) is 4.93. The van der Waals surface area contributed by atoms with Crippen LogP contribution in [0, 0.1) is 0 Å². The molecule has 178 valence electrons. The van der Waals surface area contributed by atoms with Crippen molar-refractivity contribution in [1.29, 1.82) is 0 Å². The third kappa shape index (κ3) is 4.67. The third-order valence-corrected chi connectivity index (χ3v) is 6.61. The van der Waals surface area contributed by atoms with Crippen LogP contribution in [0.15, 0.2) is 77.2 Å². The van der Waals surface area contributed by atoms with E-state index < -0.39 is 0 Å². The molecule has 3 heterocycles. The van der Waals surface area contributed by atoms with Crippen molar-refractivity contribution >= 4 is 17.1 Å². The fourth-order valence-electron chi connectivity index (χ4n) is 4.85. The van der Waals surface area contributed by atoms with Crippen LogP contribution in [-0.4, -0.2) is 32.3 Å². The van der Waals surface area contributed by atoms with E-state index in [0.717, 1.165) is 66.6 Å². The lowest BCUT2D eigenvalue weighted by Crippen LogP contribution is -2.24. The van der Waals surface area contributed by atoms with Crippen LogP contribution in [0.1, 0.15) is 44.9 Å². The van der Waals surface area contributed by atoms with E-state index in [9.17, 15) is 9.59 Å². The highest BCUT2D eigenvalue weighted by Gasteiger charge is 2.21. The Kier molecular flexibility index (Phi) is 6.57. The van der Waals surface area contributed by atoms with E-state index in [4.69, 9.17) is 10.2 Å².